The fourth-order valence-electron chi connectivity index (χ4n) is 3.29. The monoisotopic (exact) mass is 349 g/mol. The van der Waals surface area contributed by atoms with Crippen molar-refractivity contribution in [3.8, 4) is 11.6 Å². The van der Waals surface area contributed by atoms with Gasteiger partial charge in [0, 0.05) is 25.1 Å². The molecule has 0 spiro atoms. The van der Waals surface area contributed by atoms with Crippen molar-refractivity contribution in [1.82, 2.24) is 19.1 Å². The molecule has 0 radical (unpaired) electrons. The van der Waals surface area contributed by atoms with Crippen molar-refractivity contribution in [3.63, 3.8) is 0 Å². The normalized spacial score (nSPS) is 11.3. The van der Waals surface area contributed by atoms with Crippen molar-refractivity contribution in [1.29, 1.82) is 0 Å². The number of benzene rings is 1. The summed E-state index contributed by atoms with van der Waals surface area (Å²) in [6, 6.07) is 9.48. The van der Waals surface area contributed by atoms with Gasteiger partial charge in [-0.25, -0.2) is 4.98 Å². The van der Waals surface area contributed by atoms with Gasteiger partial charge in [-0.05, 0) is 17.2 Å². The van der Waals surface area contributed by atoms with Crippen LogP contribution in [0.25, 0.3) is 16.7 Å². The van der Waals surface area contributed by atoms with Crippen molar-refractivity contribution in [2.24, 2.45) is 5.73 Å². The Balaban J connectivity index is 1.97. The highest BCUT2D eigenvalue weighted by Crippen LogP contribution is 2.34. The first-order valence-corrected chi connectivity index (χ1v) is 8.29. The van der Waals surface area contributed by atoms with Gasteiger partial charge in [-0.3, -0.25) is 4.98 Å². The first kappa shape index (κ1) is 16.3. The second-order valence-corrected chi connectivity index (χ2v) is 6.02. The minimum absolute atomic E-state index is 0.0630. The molecule has 0 fully saturated rings. The van der Waals surface area contributed by atoms with Crippen LogP contribution in [0.1, 0.15) is 16.7 Å². The van der Waals surface area contributed by atoms with Gasteiger partial charge in [-0.1, -0.05) is 24.3 Å². The number of rotatable bonds is 5. The van der Waals surface area contributed by atoms with Gasteiger partial charge in [0.15, 0.2) is 5.88 Å². The van der Waals surface area contributed by atoms with Crippen LogP contribution in [0.2, 0.25) is 0 Å². The Labute approximate surface area is 150 Å². The minimum atomic E-state index is -0.0630. The van der Waals surface area contributed by atoms with Crippen LogP contribution in [-0.4, -0.2) is 29.3 Å². The van der Waals surface area contributed by atoms with Gasteiger partial charge in [0.2, 0.25) is 0 Å². The average molecular weight is 349 g/mol. The van der Waals surface area contributed by atoms with Crippen molar-refractivity contribution in [2.45, 2.75) is 19.7 Å². The summed E-state index contributed by atoms with van der Waals surface area (Å²) in [5.74, 6) is 0.0929. The van der Waals surface area contributed by atoms with Crippen LogP contribution in [-0.2, 0) is 19.7 Å². The lowest BCUT2D eigenvalue weighted by Crippen LogP contribution is -2.05. The summed E-state index contributed by atoms with van der Waals surface area (Å²) in [5, 5.41) is 20.4. The Morgan fingerprint density at radius 3 is 2.58 bits per heavy atom. The minimum Gasteiger partial charge on any atom is -0.494 e. The maximum absolute atomic E-state index is 10.8. The largest absolute Gasteiger partial charge is 0.494 e. The fraction of sp³-hybridized carbons (Fsp3) is 0.158. The van der Waals surface area contributed by atoms with E-state index in [4.69, 9.17) is 5.73 Å². The summed E-state index contributed by atoms with van der Waals surface area (Å²) in [5.41, 5.74) is 10.5. The summed E-state index contributed by atoms with van der Waals surface area (Å²) in [6.07, 6.45) is 6.94. The van der Waals surface area contributed by atoms with E-state index in [0.29, 0.717) is 17.6 Å². The summed E-state index contributed by atoms with van der Waals surface area (Å²) in [4.78, 5) is 8.55. The molecule has 7 heteroatoms. The lowest BCUT2D eigenvalue weighted by molar-refractivity contribution is 0.280. The maximum atomic E-state index is 10.8. The van der Waals surface area contributed by atoms with Crippen molar-refractivity contribution < 1.29 is 10.2 Å². The predicted molar refractivity (Wildman–Crippen MR) is 97.9 cm³/mol. The zero-order chi connectivity index (χ0) is 18.1. The van der Waals surface area contributed by atoms with E-state index in [1.165, 1.54) is 0 Å². The smallest absolute Gasteiger partial charge is 0.198 e. The molecule has 7 nitrogen and oxygen atoms in total. The number of hydrogen-bond acceptors (Lipinski definition) is 5. The molecule has 0 saturated carbocycles. The van der Waals surface area contributed by atoms with E-state index in [2.05, 4.69) is 9.97 Å². The molecule has 1 aromatic carbocycles. The summed E-state index contributed by atoms with van der Waals surface area (Å²) in [7, 11) is 0. The zero-order valence-corrected chi connectivity index (χ0v) is 14.1. The molecule has 0 atom stereocenters. The van der Waals surface area contributed by atoms with Gasteiger partial charge in [-0.2, -0.15) is 0 Å². The van der Waals surface area contributed by atoms with E-state index in [0.717, 1.165) is 22.3 Å². The zero-order valence-electron chi connectivity index (χ0n) is 14.1. The molecule has 4 aromatic rings. The van der Waals surface area contributed by atoms with Crippen LogP contribution < -0.4 is 5.73 Å². The number of pyridine rings is 1. The molecule has 26 heavy (non-hydrogen) atoms. The number of nitrogens with two attached hydrogens (primary N) is 1. The molecule has 0 unspecified atom stereocenters. The van der Waals surface area contributed by atoms with Gasteiger partial charge in [-0.15, -0.1) is 0 Å². The molecule has 3 aromatic heterocycles. The summed E-state index contributed by atoms with van der Waals surface area (Å²) in [6.45, 7) is 0.510. The number of hydrogen-bond donors (Lipinski definition) is 3. The van der Waals surface area contributed by atoms with Crippen LogP contribution in [0.15, 0.2) is 55.2 Å². The van der Waals surface area contributed by atoms with Crippen LogP contribution in [0.3, 0.4) is 0 Å². The number of imidazole rings is 1. The second kappa shape index (κ2) is 6.62. The molecule has 0 aliphatic rings. The van der Waals surface area contributed by atoms with Gasteiger partial charge in [0.05, 0.1) is 41.8 Å². The first-order chi connectivity index (χ1) is 12.7. The van der Waals surface area contributed by atoms with Crippen LogP contribution in [0, 0.1) is 0 Å². The third-order valence-electron chi connectivity index (χ3n) is 4.59. The molecule has 3 heterocycles. The Morgan fingerprint density at radius 1 is 1.08 bits per heavy atom. The number of aliphatic hydroxyl groups excluding tert-OH is 1. The topological polar surface area (TPSA) is 102 Å². The Kier molecular flexibility index (Phi) is 4.16. The first-order valence-electron chi connectivity index (χ1n) is 8.29. The van der Waals surface area contributed by atoms with E-state index >= 15 is 0 Å². The molecular formula is C19H19N5O2. The quantitative estimate of drug-likeness (QED) is 0.511. The third-order valence-corrected chi connectivity index (χ3v) is 4.59. The SMILES string of the molecule is NCc1c(O)n(Cc2ccccc2CO)c2c(-n3ccnc3)ccnc12. The maximum Gasteiger partial charge on any atom is 0.198 e. The summed E-state index contributed by atoms with van der Waals surface area (Å²) < 4.78 is 3.66. The van der Waals surface area contributed by atoms with E-state index in [9.17, 15) is 10.2 Å². The second-order valence-electron chi connectivity index (χ2n) is 6.02. The summed E-state index contributed by atoms with van der Waals surface area (Å²) >= 11 is 0. The lowest BCUT2D eigenvalue weighted by atomic mass is 10.1. The molecule has 0 amide bonds. The van der Waals surface area contributed by atoms with Gasteiger partial charge >= 0.3 is 0 Å². The predicted octanol–water partition coefficient (Wildman–Crippen LogP) is 1.93. The van der Waals surface area contributed by atoms with E-state index in [1.54, 1.807) is 23.3 Å². The number of nitrogens with zero attached hydrogens (tertiary/aromatic N) is 4. The standard InChI is InChI=1S/C19H19N5O2/c20-9-15-17-18(16(5-6-22-17)23-8-7-21-12-23)24(19(15)26)10-13-3-1-2-4-14(13)11-25/h1-8,12,25-26H,9-11,20H2. The molecule has 4 N–H and O–H groups in total. The van der Waals surface area contributed by atoms with Gasteiger partial charge in [0.25, 0.3) is 0 Å². The van der Waals surface area contributed by atoms with Crippen LogP contribution >= 0.6 is 0 Å². The Morgan fingerprint density at radius 2 is 1.88 bits per heavy atom. The van der Waals surface area contributed by atoms with E-state index in [1.807, 2.05) is 41.1 Å². The van der Waals surface area contributed by atoms with Crippen molar-refractivity contribution >= 4 is 11.0 Å². The molecule has 132 valence electrons. The van der Waals surface area contributed by atoms with Gasteiger partial charge in [0.1, 0.15) is 0 Å². The van der Waals surface area contributed by atoms with Crippen LogP contribution in [0.4, 0.5) is 0 Å². The molecular weight excluding hydrogens is 330 g/mol. The third kappa shape index (κ3) is 2.54. The Bertz CT molecular complexity index is 1050. The number of aromatic hydroxyl groups is 1. The highest BCUT2D eigenvalue weighted by atomic mass is 16.3. The lowest BCUT2D eigenvalue weighted by Gasteiger charge is -2.13. The highest BCUT2D eigenvalue weighted by Gasteiger charge is 2.20. The Hall–Kier alpha value is -3.16. The fourth-order valence-corrected chi connectivity index (χ4v) is 3.29. The number of aliphatic hydroxyl groups is 1. The van der Waals surface area contributed by atoms with Crippen LogP contribution in [0.5, 0.6) is 5.88 Å². The van der Waals surface area contributed by atoms with E-state index in [-0.39, 0.29) is 19.0 Å². The van der Waals surface area contributed by atoms with Crippen molar-refractivity contribution in [2.75, 3.05) is 0 Å². The molecule has 0 aliphatic carbocycles. The average Bonchev–Trinajstić information content (AvgIpc) is 3.29. The van der Waals surface area contributed by atoms with Crippen molar-refractivity contribution in [3.05, 3.63) is 71.9 Å². The molecule has 0 bridgehead atoms. The highest BCUT2D eigenvalue weighted by molar-refractivity contribution is 5.89. The molecule has 0 aliphatic heterocycles. The molecule has 0 saturated heterocycles. The number of aromatic nitrogens is 4. The number of fused-ring (bicyclic) bond motifs is 1. The van der Waals surface area contributed by atoms with E-state index < -0.39 is 0 Å². The van der Waals surface area contributed by atoms with Gasteiger partial charge < -0.3 is 25.1 Å². The molecule has 4 rings (SSSR count).